The first kappa shape index (κ1) is 18.3. The van der Waals surface area contributed by atoms with E-state index >= 15 is 0 Å². The van der Waals surface area contributed by atoms with E-state index in [4.69, 9.17) is 13.7 Å². The standard InChI is InChI=1S/C15H22N2O6S/c1-6-16-14(18)22-13-15(2,3)11-9-10(7-8-12(11)21-13)23-24(19,20)17(4)5/h7-9,13H,6H2,1-5H3,(H,16,18). The van der Waals surface area contributed by atoms with E-state index in [0.29, 0.717) is 17.9 Å². The van der Waals surface area contributed by atoms with Crippen LogP contribution in [0.1, 0.15) is 26.3 Å². The molecule has 1 aliphatic heterocycles. The highest BCUT2D eigenvalue weighted by atomic mass is 32.2. The molecule has 24 heavy (non-hydrogen) atoms. The number of hydrogen-bond acceptors (Lipinski definition) is 6. The summed E-state index contributed by atoms with van der Waals surface area (Å²) in [5, 5.41) is 2.54. The number of fused-ring (bicyclic) bond motifs is 1. The van der Waals surface area contributed by atoms with Crippen LogP contribution < -0.4 is 14.2 Å². The van der Waals surface area contributed by atoms with Crippen molar-refractivity contribution in [3.63, 3.8) is 0 Å². The number of alkyl carbamates (subject to hydrolysis) is 1. The van der Waals surface area contributed by atoms with Gasteiger partial charge in [-0.15, -0.1) is 0 Å². The number of carbonyl (C=O) groups excluding carboxylic acids is 1. The first-order valence-electron chi connectivity index (χ1n) is 7.45. The van der Waals surface area contributed by atoms with Gasteiger partial charge in [0.25, 0.3) is 6.29 Å². The number of hydrogen-bond donors (Lipinski definition) is 1. The summed E-state index contributed by atoms with van der Waals surface area (Å²) in [5.41, 5.74) is 0.0324. The van der Waals surface area contributed by atoms with E-state index in [1.165, 1.54) is 20.2 Å². The van der Waals surface area contributed by atoms with Gasteiger partial charge in [0.05, 0.1) is 5.41 Å². The Morgan fingerprint density at radius 3 is 2.62 bits per heavy atom. The van der Waals surface area contributed by atoms with E-state index in [2.05, 4.69) is 5.32 Å². The number of nitrogens with zero attached hydrogens (tertiary/aromatic N) is 1. The lowest BCUT2D eigenvalue weighted by atomic mass is 9.85. The normalized spacial score (nSPS) is 18.7. The van der Waals surface area contributed by atoms with Gasteiger partial charge in [-0.1, -0.05) is 0 Å². The van der Waals surface area contributed by atoms with Gasteiger partial charge >= 0.3 is 16.4 Å². The molecule has 0 spiro atoms. The van der Waals surface area contributed by atoms with Crippen LogP contribution in [0.25, 0.3) is 0 Å². The van der Waals surface area contributed by atoms with Crippen LogP contribution in [0.15, 0.2) is 18.2 Å². The highest BCUT2D eigenvalue weighted by molar-refractivity contribution is 7.84. The van der Waals surface area contributed by atoms with Crippen LogP contribution in [0, 0.1) is 0 Å². The summed E-state index contributed by atoms with van der Waals surface area (Å²) >= 11 is 0. The van der Waals surface area contributed by atoms with Crippen LogP contribution in [0.2, 0.25) is 0 Å². The molecule has 1 N–H and O–H groups in total. The van der Waals surface area contributed by atoms with Crippen molar-refractivity contribution in [2.75, 3.05) is 20.6 Å². The van der Waals surface area contributed by atoms with Crippen molar-refractivity contribution in [3.05, 3.63) is 23.8 Å². The molecule has 1 aromatic carbocycles. The molecule has 9 heteroatoms. The minimum absolute atomic E-state index is 0.165. The fourth-order valence-corrected chi connectivity index (χ4v) is 2.70. The zero-order valence-corrected chi connectivity index (χ0v) is 15.1. The molecule has 1 atom stereocenters. The summed E-state index contributed by atoms with van der Waals surface area (Å²) < 4.78 is 40.7. The Morgan fingerprint density at radius 2 is 2.04 bits per heavy atom. The van der Waals surface area contributed by atoms with Crippen LogP contribution in [0.3, 0.4) is 0 Å². The quantitative estimate of drug-likeness (QED) is 0.859. The second kappa shape index (κ2) is 6.48. The van der Waals surface area contributed by atoms with Crippen LogP contribution in [-0.2, 0) is 20.5 Å². The molecular formula is C15H22N2O6S. The van der Waals surface area contributed by atoms with E-state index in [9.17, 15) is 13.2 Å². The molecule has 1 aromatic rings. The van der Waals surface area contributed by atoms with Crippen molar-refractivity contribution in [2.45, 2.75) is 32.5 Å². The molecule has 2 rings (SSSR count). The van der Waals surface area contributed by atoms with Gasteiger partial charge in [-0.3, -0.25) is 0 Å². The van der Waals surface area contributed by atoms with Crippen LogP contribution in [-0.4, -0.2) is 45.7 Å². The minimum atomic E-state index is -3.85. The molecule has 1 heterocycles. The average molecular weight is 358 g/mol. The Labute approximate surface area is 141 Å². The topological polar surface area (TPSA) is 94.2 Å². The molecule has 0 aliphatic carbocycles. The van der Waals surface area contributed by atoms with Crippen molar-refractivity contribution in [1.82, 2.24) is 9.62 Å². The van der Waals surface area contributed by atoms with Gasteiger partial charge in [-0.05, 0) is 39.0 Å². The molecule has 0 bridgehead atoms. The van der Waals surface area contributed by atoms with Gasteiger partial charge < -0.3 is 19.0 Å². The van der Waals surface area contributed by atoms with Crippen LogP contribution >= 0.6 is 0 Å². The third-order valence-corrected chi connectivity index (χ3v) is 4.95. The monoisotopic (exact) mass is 358 g/mol. The van der Waals surface area contributed by atoms with E-state index in [-0.39, 0.29) is 5.75 Å². The predicted molar refractivity (Wildman–Crippen MR) is 87.3 cm³/mol. The number of rotatable bonds is 5. The summed E-state index contributed by atoms with van der Waals surface area (Å²) in [6.45, 7) is 5.91. The molecule has 1 aliphatic rings. The molecule has 0 radical (unpaired) electrons. The third kappa shape index (κ3) is 3.57. The van der Waals surface area contributed by atoms with Crippen molar-refractivity contribution in [2.24, 2.45) is 0 Å². The smallest absolute Gasteiger partial charge is 0.410 e. The molecule has 0 saturated carbocycles. The zero-order valence-electron chi connectivity index (χ0n) is 14.3. The lowest BCUT2D eigenvalue weighted by molar-refractivity contribution is -0.0562. The van der Waals surface area contributed by atoms with Gasteiger partial charge in [0.15, 0.2) is 0 Å². The average Bonchev–Trinajstić information content (AvgIpc) is 2.70. The largest absolute Gasteiger partial charge is 0.453 e. The highest BCUT2D eigenvalue weighted by Gasteiger charge is 2.44. The fourth-order valence-electron chi connectivity index (χ4n) is 2.21. The first-order chi connectivity index (χ1) is 11.1. The molecule has 0 fully saturated rings. The maximum Gasteiger partial charge on any atom is 0.410 e. The van der Waals surface area contributed by atoms with Gasteiger partial charge in [0, 0.05) is 26.2 Å². The Kier molecular flexibility index (Phi) is 4.95. The molecule has 1 unspecified atom stereocenters. The van der Waals surface area contributed by atoms with E-state index < -0.39 is 28.1 Å². The van der Waals surface area contributed by atoms with Crippen molar-refractivity contribution < 1.29 is 26.9 Å². The van der Waals surface area contributed by atoms with E-state index in [0.717, 1.165) is 4.31 Å². The predicted octanol–water partition coefficient (Wildman–Crippen LogP) is 1.61. The van der Waals surface area contributed by atoms with E-state index in [1.807, 2.05) is 13.8 Å². The summed E-state index contributed by atoms with van der Waals surface area (Å²) in [6, 6.07) is 4.67. The lowest BCUT2D eigenvalue weighted by Crippen LogP contribution is -2.39. The third-order valence-electron chi connectivity index (χ3n) is 3.65. The Morgan fingerprint density at radius 1 is 1.38 bits per heavy atom. The van der Waals surface area contributed by atoms with Crippen LogP contribution in [0.5, 0.6) is 11.5 Å². The molecule has 8 nitrogen and oxygen atoms in total. The molecule has 1 amide bonds. The Hall–Kier alpha value is -2.00. The highest BCUT2D eigenvalue weighted by Crippen LogP contribution is 2.44. The minimum Gasteiger partial charge on any atom is -0.453 e. The SMILES string of the molecule is CCNC(=O)OC1Oc2ccc(OS(=O)(=O)N(C)C)cc2C1(C)C. The van der Waals surface area contributed by atoms with Crippen molar-refractivity contribution in [3.8, 4) is 11.5 Å². The first-order valence-corrected chi connectivity index (χ1v) is 8.82. The number of nitrogens with one attached hydrogen (secondary N) is 1. The van der Waals surface area contributed by atoms with Gasteiger partial charge in [0.2, 0.25) is 0 Å². The number of amides is 1. The Balaban J connectivity index is 2.25. The molecular weight excluding hydrogens is 336 g/mol. The van der Waals surface area contributed by atoms with Crippen molar-refractivity contribution in [1.29, 1.82) is 0 Å². The van der Waals surface area contributed by atoms with Crippen molar-refractivity contribution >= 4 is 16.4 Å². The number of ether oxygens (including phenoxy) is 2. The van der Waals surface area contributed by atoms with Crippen LogP contribution in [0.4, 0.5) is 4.79 Å². The van der Waals surface area contributed by atoms with E-state index in [1.54, 1.807) is 19.1 Å². The summed E-state index contributed by atoms with van der Waals surface area (Å²) in [7, 11) is -1.09. The molecule has 0 saturated heterocycles. The number of carbonyl (C=O) groups is 1. The summed E-state index contributed by atoms with van der Waals surface area (Å²) in [6.07, 6.45) is -1.39. The summed E-state index contributed by atoms with van der Waals surface area (Å²) in [4.78, 5) is 11.6. The number of benzene rings is 1. The van der Waals surface area contributed by atoms with Gasteiger partial charge in [-0.2, -0.15) is 12.7 Å². The lowest BCUT2D eigenvalue weighted by Gasteiger charge is -2.25. The zero-order chi connectivity index (χ0) is 18.1. The van der Waals surface area contributed by atoms with Gasteiger partial charge in [0.1, 0.15) is 11.5 Å². The molecule has 0 aromatic heterocycles. The fraction of sp³-hybridized carbons (Fsp3) is 0.533. The maximum absolute atomic E-state index is 11.8. The maximum atomic E-state index is 11.8. The summed E-state index contributed by atoms with van der Waals surface area (Å²) in [5.74, 6) is 0.682. The molecule has 134 valence electrons. The second-order valence-electron chi connectivity index (χ2n) is 6.09. The van der Waals surface area contributed by atoms with Gasteiger partial charge in [-0.25, -0.2) is 4.79 Å². The second-order valence-corrected chi connectivity index (χ2v) is 7.84. The Bertz CT molecular complexity index is 729.